The first-order valence-corrected chi connectivity index (χ1v) is 41.6. The first kappa shape index (κ1) is 81.5. The Morgan fingerprint density at radius 2 is 1.08 bits per heavy atom. The van der Waals surface area contributed by atoms with Crippen LogP contribution in [0.2, 0.25) is 5.02 Å². The van der Waals surface area contributed by atoms with Gasteiger partial charge in [0, 0.05) is 66.3 Å². The van der Waals surface area contributed by atoms with E-state index in [9.17, 15) is 55.0 Å². The van der Waals surface area contributed by atoms with Crippen molar-refractivity contribution in [2.24, 2.45) is 44.9 Å². The van der Waals surface area contributed by atoms with Crippen molar-refractivity contribution in [3.8, 4) is 0 Å². The van der Waals surface area contributed by atoms with Gasteiger partial charge in [-0.3, -0.25) is 26.9 Å². The predicted octanol–water partition coefficient (Wildman–Crippen LogP) is 8.29. The molecule has 0 radical (unpaired) electrons. The molecule has 3 aromatic carbocycles. The number of allylic oxidation sites excluding steroid dienone is 2. The number of anilines is 3. The Morgan fingerprint density at radius 1 is 0.569 bits per heavy atom. The van der Waals surface area contributed by atoms with Crippen molar-refractivity contribution >= 4 is 99.9 Å². The van der Waals surface area contributed by atoms with Crippen molar-refractivity contribution in [2.75, 3.05) is 35.5 Å². The molecule has 0 spiro atoms. The zero-order valence-corrected chi connectivity index (χ0v) is 63.8. The van der Waals surface area contributed by atoms with Gasteiger partial charge in [-0.2, -0.15) is 25.3 Å². The lowest BCUT2D eigenvalue weighted by Gasteiger charge is -2.18. The number of aliphatic hydroxyl groups excluding tert-OH is 3. The largest absolute Gasteiger partial charge is 0.457 e. The van der Waals surface area contributed by atoms with Gasteiger partial charge in [-0.1, -0.05) is 90.0 Å². The molecule has 13 N–H and O–H groups in total. The molecular weight excluding hydrogens is 1520 g/mol. The first-order valence-electron chi connectivity index (χ1n) is 35.0. The van der Waals surface area contributed by atoms with Crippen molar-refractivity contribution in [2.45, 2.75) is 127 Å². The number of aromatic nitrogens is 6. The number of benzene rings is 3. The van der Waals surface area contributed by atoms with Crippen LogP contribution < -0.4 is 36.9 Å². The third kappa shape index (κ3) is 24.0. The number of hydrazine groups is 1. The van der Waals surface area contributed by atoms with Gasteiger partial charge in [0.25, 0.3) is 0 Å². The summed E-state index contributed by atoms with van der Waals surface area (Å²) in [5.74, 6) is 5.82. The van der Waals surface area contributed by atoms with E-state index < -0.39 is 61.1 Å². The number of halogens is 1. The summed E-state index contributed by atoms with van der Waals surface area (Å²) in [4.78, 5) is 66.4. The molecule has 9 atom stereocenters. The second kappa shape index (κ2) is 37.5. The Hall–Kier alpha value is -8.53. The van der Waals surface area contributed by atoms with Crippen molar-refractivity contribution < 1.29 is 71.9 Å². The monoisotopic (exact) mass is 1610 g/mol. The molecule has 4 aliphatic rings. The third-order valence-electron chi connectivity index (χ3n) is 19.2. The summed E-state index contributed by atoms with van der Waals surface area (Å²) in [5, 5.41) is 58.1. The van der Waals surface area contributed by atoms with Gasteiger partial charge in [-0.05, 0) is 158 Å². The van der Waals surface area contributed by atoms with Crippen LogP contribution in [-0.2, 0) is 75.7 Å². The topological polar surface area (TPSA) is 464 Å². The zero-order chi connectivity index (χ0) is 77.4. The van der Waals surface area contributed by atoms with Crippen molar-refractivity contribution in [1.29, 1.82) is 0 Å². The van der Waals surface area contributed by atoms with Gasteiger partial charge in [0.05, 0.1) is 82.5 Å². The van der Waals surface area contributed by atoms with E-state index in [1.54, 1.807) is 35.5 Å². The molecule has 578 valence electrons. The van der Waals surface area contributed by atoms with Crippen molar-refractivity contribution in [3.63, 3.8) is 0 Å². The van der Waals surface area contributed by atoms with Crippen LogP contribution in [0.3, 0.4) is 0 Å². The Morgan fingerprint density at radius 3 is 1.64 bits per heavy atom. The second-order valence-electron chi connectivity index (χ2n) is 27.3. The molecule has 4 aliphatic carbocycles. The van der Waals surface area contributed by atoms with Crippen molar-refractivity contribution in [3.05, 3.63) is 240 Å². The molecule has 13 rings (SSSR count). The summed E-state index contributed by atoms with van der Waals surface area (Å²) in [7, 11) is -12.3. The molecule has 6 heterocycles. The number of nitrogens with one attached hydrogen (secondary N) is 2. The molecule has 3 saturated carbocycles. The van der Waals surface area contributed by atoms with Gasteiger partial charge in [-0.15, -0.1) is 22.7 Å². The molecule has 0 amide bonds. The molecule has 0 saturated heterocycles. The van der Waals surface area contributed by atoms with Gasteiger partial charge in [-0.25, -0.2) is 51.2 Å². The molecule has 35 heteroatoms. The van der Waals surface area contributed by atoms with Gasteiger partial charge >= 0.3 is 30.9 Å². The van der Waals surface area contributed by atoms with Crippen LogP contribution in [0.1, 0.15) is 150 Å². The highest BCUT2D eigenvalue weighted by molar-refractivity contribution is 7.84. The van der Waals surface area contributed by atoms with Gasteiger partial charge in [0.15, 0.2) is 5.76 Å². The minimum Gasteiger partial charge on any atom is -0.457 e. The van der Waals surface area contributed by atoms with Crippen LogP contribution in [0.15, 0.2) is 168 Å². The van der Waals surface area contributed by atoms with Gasteiger partial charge in [0.2, 0.25) is 17.3 Å². The molecule has 29 nitrogen and oxygen atoms in total. The number of hydrogen-bond donors (Lipinski definition) is 9. The molecule has 6 aromatic heterocycles. The highest BCUT2D eigenvalue weighted by Gasteiger charge is 2.38. The molecular formula is C74H84ClN13O16S5. The fourth-order valence-electron chi connectivity index (χ4n) is 13.8. The number of nitrogens with zero attached hydrogens (tertiary/aromatic N) is 7. The first-order chi connectivity index (χ1) is 52.1. The average Bonchev–Trinajstić information content (AvgIpc) is 1.70. The predicted molar refractivity (Wildman–Crippen MR) is 410 cm³/mol. The van der Waals surface area contributed by atoms with E-state index in [-0.39, 0.29) is 78.0 Å². The van der Waals surface area contributed by atoms with Crippen molar-refractivity contribution in [1.82, 2.24) is 29.9 Å². The maximum absolute atomic E-state index is 13.7. The lowest BCUT2D eigenvalue weighted by molar-refractivity contribution is 0.0998. The number of hydrogen-bond acceptors (Lipinski definition) is 28. The van der Waals surface area contributed by atoms with Gasteiger partial charge < -0.3 is 35.4 Å². The second-order valence-corrected chi connectivity index (χ2v) is 33.3. The number of furan rings is 1. The van der Waals surface area contributed by atoms with Gasteiger partial charge in [0.1, 0.15) is 36.4 Å². The van der Waals surface area contributed by atoms with E-state index in [1.165, 1.54) is 72.5 Å². The zero-order valence-electron chi connectivity index (χ0n) is 58.9. The summed E-state index contributed by atoms with van der Waals surface area (Å²) < 4.78 is 86.7. The van der Waals surface area contributed by atoms with Crippen LogP contribution in [0.25, 0.3) is 0 Å². The maximum atomic E-state index is 13.7. The number of ketones is 3. The number of carbonyl (C=O) groups is 3. The normalized spacial score (nSPS) is 20.6. The Bertz CT molecular complexity index is 4940. The Balaban J connectivity index is 0.000000163. The van der Waals surface area contributed by atoms with Crippen LogP contribution in [0.5, 0.6) is 0 Å². The Labute approximate surface area is 644 Å². The number of nitrogens with two attached hydrogens (primary N) is 4. The molecule has 0 aliphatic heterocycles. The summed E-state index contributed by atoms with van der Waals surface area (Å²) >= 11 is 8.77. The SMILES string of the molecule is NN(Cc1csc(C(=O)c2cncnc2N[C@@H]2C[C@H](COS(N)(=O)=O)[C@@H](O)C2)c1)c1cccc(Cl)c1.NS(=O)(=O)OC[C@H]1C[C@@H](Cc2ncncc2C(=O)c2cc(CC3=CCCCC3)cs2)C[C@@H]1O.NS(=O)(=O)OC[C@H]1C[C@@H](Nc2ncncc2C(=O)c2cc(Cc3ccccc3)c(Cc3ccccc3)o2)C[C@@H]1O. The fraction of sp³-hybridized carbons (Fsp3) is 0.365. The highest BCUT2D eigenvalue weighted by Crippen LogP contribution is 2.37. The lowest BCUT2D eigenvalue weighted by atomic mass is 9.94. The van der Waals surface area contributed by atoms with Crippen LogP contribution in [0, 0.1) is 23.7 Å². The van der Waals surface area contributed by atoms with E-state index in [1.807, 2.05) is 84.2 Å². The van der Waals surface area contributed by atoms with E-state index in [4.69, 9.17) is 37.3 Å². The number of carbonyl (C=O) groups excluding carboxylic acids is 3. The van der Waals surface area contributed by atoms with E-state index in [0.717, 1.165) is 52.8 Å². The highest BCUT2D eigenvalue weighted by atomic mass is 35.5. The fourth-order valence-corrected chi connectivity index (χ4v) is 16.8. The third-order valence-corrected chi connectivity index (χ3v) is 22.7. The Kier molecular flexibility index (Phi) is 28.0. The van der Waals surface area contributed by atoms with E-state index in [2.05, 4.69) is 64.5 Å². The van der Waals surface area contributed by atoms with E-state index >= 15 is 0 Å². The molecule has 0 bridgehead atoms. The summed E-state index contributed by atoms with van der Waals surface area (Å²) in [6, 6.07) is 32.1. The quantitative estimate of drug-likeness (QED) is 0.00884. The van der Waals surface area contributed by atoms with Crippen LogP contribution in [-0.4, -0.2) is 138 Å². The number of aliphatic hydroxyl groups is 3. The molecule has 9 aromatic rings. The molecule has 3 fully saturated rings. The number of thiophene rings is 2. The number of rotatable bonds is 30. The lowest BCUT2D eigenvalue weighted by Crippen LogP contribution is -2.29. The molecule has 0 unspecified atom stereocenters. The van der Waals surface area contributed by atoms with Crippen LogP contribution >= 0.6 is 34.3 Å². The maximum Gasteiger partial charge on any atom is 0.333 e. The smallest absolute Gasteiger partial charge is 0.333 e. The molecule has 109 heavy (non-hydrogen) atoms. The van der Waals surface area contributed by atoms with Crippen LogP contribution in [0.4, 0.5) is 17.3 Å². The summed E-state index contributed by atoms with van der Waals surface area (Å²) in [5.41, 5.74) is 8.92. The average molecular weight is 1610 g/mol. The summed E-state index contributed by atoms with van der Waals surface area (Å²) in [6.07, 6.45) is 18.3. The van der Waals surface area contributed by atoms with E-state index in [0.29, 0.717) is 108 Å². The standard InChI is InChI=1S/C29H30N4O6S.C23H29N3O5S2.C22H25ClN6O5S2/c30-40(36,37)38-17-22-13-23(15-25(22)34)33-29-24(16-31-18-32-29)28(35)27-14-21(11-19-7-3-1-4-8-19)26(39-27)12-20-9-5-2-6-10-20;24-33(29,30)31-12-18-7-16(9-21(18)27)8-20-19(11-25-14-26-20)23(28)22-10-17(13-32-22)6-15-4-2-1-3-5-15;23-15-2-1-3-17(6-15)29(24)9-13-4-20(35-11-13)21(31)18-8-26-12-27-22(18)28-16-5-14(19(30)7-16)10-34-36(25,32)33/h1-10,14,16,18,22-23,25,34H,11-13,15,17H2,(H2,30,36,37)(H,31,32,33);4,10-11,13-14,16,18,21,27H,1-3,5-9,12H2,(H2,24,29,30);1-4,6,8,11-12,14,16,19,30H,5,7,9-10,24H2,(H2,25,32,33)(H,26,27,28)/t22-,23-,25+;16-,18+,21-;14-,16-,19+/m101/s1. The minimum absolute atomic E-state index is 0.0488. The minimum atomic E-state index is -4.11. The summed E-state index contributed by atoms with van der Waals surface area (Å²) in [6.45, 7) is -0.226.